The zero-order valence-electron chi connectivity index (χ0n) is 15.0. The fourth-order valence-corrected chi connectivity index (χ4v) is 3.71. The molecule has 2 aromatic carbocycles. The van der Waals surface area contributed by atoms with E-state index < -0.39 is 6.61 Å². The lowest BCUT2D eigenvalue weighted by atomic mass is 10.1. The highest BCUT2D eigenvalue weighted by atomic mass is 32.1. The van der Waals surface area contributed by atoms with Crippen LogP contribution in [0.2, 0.25) is 0 Å². The second kappa shape index (κ2) is 8.32. The van der Waals surface area contributed by atoms with Gasteiger partial charge in [0.25, 0.3) is 0 Å². The van der Waals surface area contributed by atoms with E-state index in [1.54, 1.807) is 35.7 Å². The van der Waals surface area contributed by atoms with Crippen molar-refractivity contribution in [3.8, 4) is 16.3 Å². The number of fused-ring (bicyclic) bond motifs is 1. The first-order valence-electron chi connectivity index (χ1n) is 8.72. The van der Waals surface area contributed by atoms with Crippen LogP contribution in [-0.2, 0) is 11.2 Å². The lowest BCUT2D eigenvalue weighted by molar-refractivity contribution is -0.115. The molecule has 29 heavy (non-hydrogen) atoms. The Morgan fingerprint density at radius 1 is 1.07 bits per heavy atom. The molecule has 4 aromatic rings. The highest BCUT2D eigenvalue weighted by Crippen LogP contribution is 2.29. The smallest absolute Gasteiger partial charge is 0.387 e. The predicted molar refractivity (Wildman–Crippen MR) is 108 cm³/mol. The molecule has 8 heteroatoms. The summed E-state index contributed by atoms with van der Waals surface area (Å²) in [5, 5.41) is 3.59. The van der Waals surface area contributed by atoms with Crippen molar-refractivity contribution in [1.82, 2.24) is 9.97 Å². The van der Waals surface area contributed by atoms with Gasteiger partial charge in [-0.1, -0.05) is 24.3 Å². The number of nitrogens with one attached hydrogen (secondary N) is 1. The molecule has 0 atom stereocenters. The van der Waals surface area contributed by atoms with Crippen molar-refractivity contribution in [2.75, 3.05) is 5.32 Å². The van der Waals surface area contributed by atoms with E-state index in [-0.39, 0.29) is 18.1 Å². The van der Waals surface area contributed by atoms with Gasteiger partial charge in [0.2, 0.25) is 5.91 Å². The van der Waals surface area contributed by atoms with Gasteiger partial charge in [-0.05, 0) is 42.0 Å². The molecule has 0 aliphatic heterocycles. The molecule has 0 saturated carbocycles. The summed E-state index contributed by atoms with van der Waals surface area (Å²) in [6.45, 7) is -2.87. The number of ether oxygens (including phenoxy) is 1. The van der Waals surface area contributed by atoms with E-state index in [4.69, 9.17) is 0 Å². The molecular formula is C21H15F2N3O2S. The number of para-hydroxylation sites is 1. The molecule has 0 aliphatic rings. The highest BCUT2D eigenvalue weighted by molar-refractivity contribution is 7.21. The molecule has 0 bridgehead atoms. The van der Waals surface area contributed by atoms with Gasteiger partial charge in [-0.2, -0.15) is 8.78 Å². The number of amides is 1. The molecule has 0 radical (unpaired) electrons. The monoisotopic (exact) mass is 411 g/mol. The molecule has 4 rings (SSSR count). The number of thiazole rings is 1. The van der Waals surface area contributed by atoms with Crippen LogP contribution in [-0.4, -0.2) is 22.5 Å². The van der Waals surface area contributed by atoms with Crippen molar-refractivity contribution in [3.63, 3.8) is 0 Å². The molecule has 2 heterocycles. The topological polar surface area (TPSA) is 64.1 Å². The van der Waals surface area contributed by atoms with Gasteiger partial charge in [-0.25, -0.2) is 9.97 Å². The van der Waals surface area contributed by atoms with Crippen LogP contribution in [0.4, 0.5) is 14.6 Å². The molecule has 1 N–H and O–H groups in total. The maximum atomic E-state index is 12.2. The van der Waals surface area contributed by atoms with Crippen LogP contribution in [0.3, 0.4) is 0 Å². The number of benzene rings is 2. The van der Waals surface area contributed by atoms with Crippen LogP contribution < -0.4 is 10.1 Å². The van der Waals surface area contributed by atoms with Crippen LogP contribution in [0.1, 0.15) is 5.56 Å². The minimum Gasteiger partial charge on any atom is -0.435 e. The minimum absolute atomic E-state index is 0.0521. The molecule has 0 aliphatic carbocycles. The summed E-state index contributed by atoms with van der Waals surface area (Å²) in [6.07, 6.45) is 1.76. The summed E-state index contributed by atoms with van der Waals surface area (Å²) < 4.78 is 29.7. The van der Waals surface area contributed by atoms with Crippen molar-refractivity contribution in [3.05, 3.63) is 72.4 Å². The van der Waals surface area contributed by atoms with E-state index in [1.165, 1.54) is 12.1 Å². The van der Waals surface area contributed by atoms with Gasteiger partial charge in [0.15, 0.2) is 0 Å². The number of halogens is 2. The van der Waals surface area contributed by atoms with E-state index in [1.807, 2.05) is 30.3 Å². The molecule has 2 aromatic heterocycles. The number of rotatable bonds is 6. The lowest BCUT2D eigenvalue weighted by Crippen LogP contribution is -2.15. The largest absolute Gasteiger partial charge is 0.435 e. The summed E-state index contributed by atoms with van der Waals surface area (Å²) >= 11 is 1.58. The third kappa shape index (κ3) is 4.72. The summed E-state index contributed by atoms with van der Waals surface area (Å²) in [7, 11) is 0. The van der Waals surface area contributed by atoms with Crippen molar-refractivity contribution < 1.29 is 18.3 Å². The second-order valence-corrected chi connectivity index (χ2v) is 7.20. The number of hydrogen-bond acceptors (Lipinski definition) is 5. The first-order chi connectivity index (χ1) is 14.1. The molecular weight excluding hydrogens is 396 g/mol. The Bertz CT molecular complexity index is 1100. The number of alkyl halides is 2. The third-order valence-corrected chi connectivity index (χ3v) is 5.17. The van der Waals surface area contributed by atoms with Crippen LogP contribution in [0.15, 0.2) is 66.9 Å². The van der Waals surface area contributed by atoms with E-state index in [9.17, 15) is 13.6 Å². The third-order valence-electron chi connectivity index (χ3n) is 4.09. The van der Waals surface area contributed by atoms with E-state index in [2.05, 4.69) is 20.0 Å². The van der Waals surface area contributed by atoms with Crippen LogP contribution in [0, 0.1) is 0 Å². The Morgan fingerprint density at radius 3 is 2.55 bits per heavy atom. The number of anilines is 1. The van der Waals surface area contributed by atoms with Gasteiger partial charge in [-0.15, -0.1) is 11.3 Å². The van der Waals surface area contributed by atoms with Crippen molar-refractivity contribution >= 4 is 33.3 Å². The molecule has 146 valence electrons. The molecule has 0 fully saturated rings. The lowest BCUT2D eigenvalue weighted by Gasteiger charge is -2.07. The Kier molecular flexibility index (Phi) is 5.44. The first kappa shape index (κ1) is 18.9. The number of hydrogen-bond donors (Lipinski definition) is 1. The number of nitrogens with zero attached hydrogens (tertiary/aromatic N) is 2. The summed E-state index contributed by atoms with van der Waals surface area (Å²) in [5.74, 6) is 0.224. The van der Waals surface area contributed by atoms with Crippen LogP contribution in [0.25, 0.3) is 20.8 Å². The highest BCUT2D eigenvalue weighted by Gasteiger charge is 2.09. The fraction of sp³-hybridized carbons (Fsp3) is 0.0952. The SMILES string of the molecule is O=C(Cc1ccc(OC(F)F)cc1)Nc1ccc(-c2nc3ccccc3s2)cn1. The number of carbonyl (C=O) groups excluding carboxylic acids is 1. The maximum absolute atomic E-state index is 12.2. The van der Waals surface area contributed by atoms with E-state index in [0.29, 0.717) is 11.4 Å². The fourth-order valence-electron chi connectivity index (χ4n) is 2.75. The number of pyridine rings is 1. The first-order valence-corrected chi connectivity index (χ1v) is 9.54. The molecule has 0 unspecified atom stereocenters. The van der Waals surface area contributed by atoms with Gasteiger partial charge in [0.05, 0.1) is 16.6 Å². The predicted octanol–water partition coefficient (Wildman–Crippen LogP) is 5.14. The Morgan fingerprint density at radius 2 is 1.86 bits per heavy atom. The normalized spacial score (nSPS) is 11.0. The van der Waals surface area contributed by atoms with Gasteiger partial charge in [-0.3, -0.25) is 4.79 Å². The average Bonchev–Trinajstić information content (AvgIpc) is 3.14. The van der Waals surface area contributed by atoms with Gasteiger partial charge < -0.3 is 10.1 Å². The Labute approximate surface area is 169 Å². The van der Waals surface area contributed by atoms with Gasteiger partial charge in [0.1, 0.15) is 16.6 Å². The molecule has 5 nitrogen and oxygen atoms in total. The summed E-state index contributed by atoms with van der Waals surface area (Å²) in [6, 6.07) is 17.4. The van der Waals surface area contributed by atoms with Crippen LogP contribution >= 0.6 is 11.3 Å². The standard InChI is InChI=1S/C21H15F2N3O2S/c22-21(23)28-15-8-5-13(6-9-15)11-19(27)26-18-10-7-14(12-24-18)20-25-16-3-1-2-4-17(16)29-20/h1-10,12,21H,11H2,(H,24,26,27). The molecule has 1 amide bonds. The van der Waals surface area contributed by atoms with Crippen molar-refractivity contribution in [2.24, 2.45) is 0 Å². The van der Waals surface area contributed by atoms with Crippen LogP contribution in [0.5, 0.6) is 5.75 Å². The minimum atomic E-state index is -2.87. The number of carbonyl (C=O) groups is 1. The molecule has 0 saturated heterocycles. The van der Waals surface area contributed by atoms with Gasteiger partial charge in [0, 0.05) is 11.8 Å². The Hall–Kier alpha value is -3.39. The summed E-state index contributed by atoms with van der Waals surface area (Å²) in [4.78, 5) is 21.1. The van der Waals surface area contributed by atoms with E-state index >= 15 is 0 Å². The van der Waals surface area contributed by atoms with Gasteiger partial charge >= 0.3 is 6.61 Å². The molecule has 0 spiro atoms. The van der Waals surface area contributed by atoms with Crippen molar-refractivity contribution in [1.29, 1.82) is 0 Å². The Balaban J connectivity index is 1.38. The zero-order chi connectivity index (χ0) is 20.2. The second-order valence-electron chi connectivity index (χ2n) is 6.17. The summed E-state index contributed by atoms with van der Waals surface area (Å²) in [5.41, 5.74) is 2.49. The average molecular weight is 411 g/mol. The quantitative estimate of drug-likeness (QED) is 0.477. The van der Waals surface area contributed by atoms with E-state index in [0.717, 1.165) is 20.8 Å². The number of aromatic nitrogens is 2. The van der Waals surface area contributed by atoms with Crippen molar-refractivity contribution in [2.45, 2.75) is 13.0 Å². The zero-order valence-corrected chi connectivity index (χ0v) is 15.8. The maximum Gasteiger partial charge on any atom is 0.387 e.